The van der Waals surface area contributed by atoms with Gasteiger partial charge in [-0.25, -0.2) is 14.4 Å². The van der Waals surface area contributed by atoms with Crippen molar-refractivity contribution in [3.63, 3.8) is 0 Å². The molecule has 33 heavy (non-hydrogen) atoms. The largest absolute Gasteiger partial charge is 0.494 e. The van der Waals surface area contributed by atoms with Gasteiger partial charge in [0.25, 0.3) is 11.8 Å². The number of benzene rings is 1. The number of carbonyl (C=O) groups is 1. The molecule has 0 fully saturated rings. The lowest BCUT2D eigenvalue weighted by atomic mass is 10.1. The van der Waals surface area contributed by atoms with Crippen LogP contribution in [-0.4, -0.2) is 40.2 Å². The lowest BCUT2D eigenvalue weighted by Crippen LogP contribution is -2.19. The molecule has 0 unspecified atom stereocenters. The van der Waals surface area contributed by atoms with Gasteiger partial charge in [0.1, 0.15) is 17.5 Å². The number of nitrogens with zero attached hydrogens (tertiary/aromatic N) is 4. The summed E-state index contributed by atoms with van der Waals surface area (Å²) in [5, 5.41) is 16.5. The number of hydrogen-bond donors (Lipinski definition) is 3. The van der Waals surface area contributed by atoms with Crippen LogP contribution in [0.25, 0.3) is 11.5 Å². The number of aryl methyl sites for hydroxylation is 1. The first-order valence-electron chi connectivity index (χ1n) is 9.82. The van der Waals surface area contributed by atoms with Gasteiger partial charge in [-0.1, -0.05) is 6.07 Å². The molecule has 3 heterocycles. The van der Waals surface area contributed by atoms with E-state index in [-0.39, 0.29) is 11.8 Å². The van der Waals surface area contributed by atoms with Crippen molar-refractivity contribution in [2.45, 2.75) is 6.92 Å². The molecule has 4 rings (SSSR count). The highest BCUT2D eigenvalue weighted by molar-refractivity contribution is 6.00. The summed E-state index contributed by atoms with van der Waals surface area (Å²) in [5.74, 6) is 0.814. The van der Waals surface area contributed by atoms with Crippen LogP contribution in [0.5, 0.6) is 5.75 Å². The zero-order valence-corrected chi connectivity index (χ0v) is 18.0. The first-order chi connectivity index (χ1) is 16.0. The zero-order valence-electron chi connectivity index (χ0n) is 18.0. The zero-order chi connectivity index (χ0) is 23.4. The van der Waals surface area contributed by atoms with Gasteiger partial charge in [0, 0.05) is 19.3 Å². The van der Waals surface area contributed by atoms with E-state index in [0.29, 0.717) is 45.5 Å². The summed E-state index contributed by atoms with van der Waals surface area (Å²) < 4.78 is 24.4. The quantitative estimate of drug-likeness (QED) is 0.386. The first kappa shape index (κ1) is 21.7. The summed E-state index contributed by atoms with van der Waals surface area (Å²) in [6, 6.07) is 8.55. The third-order valence-corrected chi connectivity index (χ3v) is 4.76. The predicted molar refractivity (Wildman–Crippen MR) is 119 cm³/mol. The molecule has 1 amide bonds. The van der Waals surface area contributed by atoms with E-state index in [9.17, 15) is 9.18 Å². The third-order valence-electron chi connectivity index (χ3n) is 4.76. The Morgan fingerprint density at radius 2 is 1.88 bits per heavy atom. The number of aromatic nitrogens is 4. The predicted octanol–water partition coefficient (Wildman–Crippen LogP) is 3.83. The minimum absolute atomic E-state index is 0.289. The number of anilines is 4. The van der Waals surface area contributed by atoms with E-state index < -0.39 is 5.82 Å². The monoisotopic (exact) mass is 449 g/mol. The summed E-state index contributed by atoms with van der Waals surface area (Å²) >= 11 is 0. The molecule has 4 aromatic rings. The standard InChI is InChI=1S/C22H20FN7O3/c1-12-7-18(26-10-15(12)23)29-19-8-17(14(9-25-19)21(31)24-2)28-16-6-4-5-13(20(16)32-3)22-30-27-11-33-22/h4-11H,1-3H3,(H,24,31)(H2,25,26,28,29). The number of amides is 1. The van der Waals surface area contributed by atoms with E-state index >= 15 is 0 Å². The lowest BCUT2D eigenvalue weighted by Gasteiger charge is -2.16. The van der Waals surface area contributed by atoms with Crippen molar-refractivity contribution in [1.82, 2.24) is 25.5 Å². The van der Waals surface area contributed by atoms with Gasteiger partial charge in [0.15, 0.2) is 5.75 Å². The molecule has 3 N–H and O–H groups in total. The highest BCUT2D eigenvalue weighted by Crippen LogP contribution is 2.37. The molecule has 0 aliphatic carbocycles. The van der Waals surface area contributed by atoms with Crippen LogP contribution >= 0.6 is 0 Å². The number of nitrogens with one attached hydrogen (secondary N) is 3. The average molecular weight is 449 g/mol. The summed E-state index contributed by atoms with van der Waals surface area (Å²) in [4.78, 5) is 20.8. The summed E-state index contributed by atoms with van der Waals surface area (Å²) in [7, 11) is 3.04. The second-order valence-corrected chi connectivity index (χ2v) is 6.89. The number of carbonyl (C=O) groups excluding carboxylic acids is 1. The second kappa shape index (κ2) is 9.30. The minimum Gasteiger partial charge on any atom is -0.494 e. The first-order valence-corrected chi connectivity index (χ1v) is 9.82. The van der Waals surface area contributed by atoms with Gasteiger partial charge in [-0.2, -0.15) is 0 Å². The Balaban J connectivity index is 1.73. The number of methoxy groups -OCH3 is 1. The number of halogens is 1. The Bertz CT molecular complexity index is 1300. The van der Waals surface area contributed by atoms with E-state index in [1.165, 1.54) is 26.7 Å². The van der Waals surface area contributed by atoms with Gasteiger partial charge in [0.2, 0.25) is 6.39 Å². The van der Waals surface area contributed by atoms with Crippen molar-refractivity contribution in [3.05, 3.63) is 66.1 Å². The van der Waals surface area contributed by atoms with Gasteiger partial charge in [0.05, 0.1) is 35.8 Å². The molecule has 168 valence electrons. The van der Waals surface area contributed by atoms with Gasteiger partial charge < -0.3 is 25.1 Å². The number of rotatable bonds is 7. The van der Waals surface area contributed by atoms with Crippen molar-refractivity contribution in [2.24, 2.45) is 0 Å². The van der Waals surface area contributed by atoms with Crippen LogP contribution in [0.3, 0.4) is 0 Å². The second-order valence-electron chi connectivity index (χ2n) is 6.89. The Labute approximate surface area is 188 Å². The fraction of sp³-hybridized carbons (Fsp3) is 0.136. The third kappa shape index (κ3) is 4.56. The summed E-state index contributed by atoms with van der Waals surface area (Å²) in [6.07, 6.45) is 3.78. The molecule has 0 bridgehead atoms. The van der Waals surface area contributed by atoms with Crippen LogP contribution in [0.4, 0.5) is 27.4 Å². The Hall–Kier alpha value is -4.54. The molecule has 0 aliphatic rings. The molecule has 1 aromatic carbocycles. The Morgan fingerprint density at radius 1 is 1.09 bits per heavy atom. The van der Waals surface area contributed by atoms with Gasteiger partial charge >= 0.3 is 0 Å². The van der Waals surface area contributed by atoms with Crippen LogP contribution in [0, 0.1) is 12.7 Å². The molecule has 0 spiro atoms. The fourth-order valence-corrected chi connectivity index (χ4v) is 3.14. The van der Waals surface area contributed by atoms with Gasteiger partial charge in [-0.15, -0.1) is 10.2 Å². The maximum atomic E-state index is 13.5. The van der Waals surface area contributed by atoms with E-state index in [1.807, 2.05) is 0 Å². The lowest BCUT2D eigenvalue weighted by molar-refractivity contribution is 0.0963. The Kier molecular flexibility index (Phi) is 6.11. The van der Waals surface area contributed by atoms with Crippen molar-refractivity contribution in [2.75, 3.05) is 24.8 Å². The van der Waals surface area contributed by atoms with Gasteiger partial charge in [-0.05, 0) is 30.7 Å². The molecule has 10 nitrogen and oxygen atoms in total. The van der Waals surface area contributed by atoms with Crippen LogP contribution in [0.2, 0.25) is 0 Å². The smallest absolute Gasteiger partial charge is 0.254 e. The molecule has 0 saturated heterocycles. The SMILES string of the molecule is CNC(=O)c1cnc(Nc2cc(C)c(F)cn2)cc1Nc1cccc(-c2nnco2)c1OC. The van der Waals surface area contributed by atoms with Crippen LogP contribution in [0.15, 0.2) is 53.5 Å². The van der Waals surface area contributed by atoms with Crippen LogP contribution in [0.1, 0.15) is 15.9 Å². The molecule has 11 heteroatoms. The molecular formula is C22H20FN7O3. The van der Waals surface area contributed by atoms with Crippen LogP contribution in [-0.2, 0) is 0 Å². The molecule has 0 radical (unpaired) electrons. The normalized spacial score (nSPS) is 10.5. The molecule has 0 atom stereocenters. The van der Waals surface area contributed by atoms with Crippen molar-refractivity contribution in [1.29, 1.82) is 0 Å². The van der Waals surface area contributed by atoms with Crippen molar-refractivity contribution in [3.8, 4) is 17.2 Å². The molecule has 0 aliphatic heterocycles. The highest BCUT2D eigenvalue weighted by atomic mass is 19.1. The van der Waals surface area contributed by atoms with E-state index in [2.05, 4.69) is 36.1 Å². The highest BCUT2D eigenvalue weighted by Gasteiger charge is 2.18. The minimum atomic E-state index is -0.404. The maximum Gasteiger partial charge on any atom is 0.254 e. The number of para-hydroxylation sites is 1. The van der Waals surface area contributed by atoms with Crippen molar-refractivity contribution < 1.29 is 18.3 Å². The number of hydrogen-bond acceptors (Lipinski definition) is 9. The average Bonchev–Trinajstić information content (AvgIpc) is 3.36. The maximum absolute atomic E-state index is 13.5. The molecule has 3 aromatic heterocycles. The Morgan fingerprint density at radius 3 is 2.58 bits per heavy atom. The van der Waals surface area contributed by atoms with Gasteiger partial charge in [-0.3, -0.25) is 4.79 Å². The number of pyridine rings is 2. The molecule has 0 saturated carbocycles. The van der Waals surface area contributed by atoms with E-state index in [0.717, 1.165) is 6.20 Å². The molecular weight excluding hydrogens is 429 g/mol. The fourth-order valence-electron chi connectivity index (χ4n) is 3.14. The van der Waals surface area contributed by atoms with E-state index in [4.69, 9.17) is 9.15 Å². The number of ether oxygens (including phenoxy) is 1. The van der Waals surface area contributed by atoms with Crippen LogP contribution < -0.4 is 20.7 Å². The van der Waals surface area contributed by atoms with Crippen molar-refractivity contribution >= 4 is 28.9 Å². The van der Waals surface area contributed by atoms with E-state index in [1.54, 1.807) is 37.3 Å². The summed E-state index contributed by atoms with van der Waals surface area (Å²) in [6.45, 7) is 1.64. The summed E-state index contributed by atoms with van der Waals surface area (Å²) in [5.41, 5.74) is 2.34. The topological polar surface area (TPSA) is 127 Å².